The number of piperidine rings is 1. The Hall–Kier alpha value is -0.590. The Kier molecular flexibility index (Phi) is 3.99. The monoisotopic (exact) mass is 291 g/mol. The number of imidazole rings is 1. The summed E-state index contributed by atoms with van der Waals surface area (Å²) in [5.41, 5.74) is 0. The van der Waals surface area contributed by atoms with E-state index in [1.807, 2.05) is 0 Å². The molecule has 0 radical (unpaired) electrons. The molecule has 1 aromatic rings. The van der Waals surface area contributed by atoms with E-state index >= 15 is 0 Å². The third kappa shape index (κ3) is 2.41. The highest BCUT2D eigenvalue weighted by Gasteiger charge is 2.33. The van der Waals surface area contributed by atoms with Crippen molar-refractivity contribution in [3.8, 4) is 0 Å². The number of hydrogen-bond acceptors (Lipinski definition) is 3. The van der Waals surface area contributed by atoms with E-state index in [2.05, 4.69) is 11.9 Å². The number of aryl methyl sites for hydroxylation is 1. The minimum atomic E-state index is -3.55. The predicted molar refractivity (Wildman–Crippen MR) is 70.0 cm³/mol. The third-order valence-electron chi connectivity index (χ3n) is 3.48. The van der Waals surface area contributed by atoms with Crippen LogP contribution in [0.25, 0.3) is 0 Å². The van der Waals surface area contributed by atoms with Crippen molar-refractivity contribution in [3.05, 3.63) is 11.5 Å². The molecule has 0 saturated carbocycles. The van der Waals surface area contributed by atoms with Gasteiger partial charge in [-0.3, -0.25) is 0 Å². The van der Waals surface area contributed by atoms with Gasteiger partial charge in [0.15, 0.2) is 0 Å². The lowest BCUT2D eigenvalue weighted by atomic mass is 9.97. The van der Waals surface area contributed by atoms with Gasteiger partial charge in [0.1, 0.15) is 5.15 Å². The maximum absolute atomic E-state index is 12.4. The molecule has 0 bridgehead atoms. The second kappa shape index (κ2) is 5.19. The highest BCUT2D eigenvalue weighted by Crippen LogP contribution is 2.27. The molecule has 2 rings (SSSR count). The van der Waals surface area contributed by atoms with E-state index in [1.54, 1.807) is 7.05 Å². The molecule has 1 atom stereocenters. The molecule has 7 heteroatoms. The first-order valence-corrected chi connectivity index (χ1v) is 7.95. The van der Waals surface area contributed by atoms with Crippen molar-refractivity contribution in [2.75, 3.05) is 13.1 Å². The van der Waals surface area contributed by atoms with E-state index < -0.39 is 10.0 Å². The van der Waals surface area contributed by atoms with Crippen molar-refractivity contribution in [3.63, 3.8) is 0 Å². The van der Waals surface area contributed by atoms with Crippen molar-refractivity contribution < 1.29 is 8.42 Å². The number of halogens is 1. The van der Waals surface area contributed by atoms with Gasteiger partial charge in [-0.25, -0.2) is 13.4 Å². The Morgan fingerprint density at radius 1 is 1.56 bits per heavy atom. The lowest BCUT2D eigenvalue weighted by Gasteiger charge is -2.30. The SMILES string of the molecule is CCC1CCCN(S(=O)(=O)c2ncn(C)c2Cl)C1. The first-order valence-electron chi connectivity index (χ1n) is 6.13. The van der Waals surface area contributed by atoms with Gasteiger partial charge in [0.2, 0.25) is 5.03 Å². The first-order chi connectivity index (χ1) is 8.46. The summed E-state index contributed by atoms with van der Waals surface area (Å²) < 4.78 is 27.9. The Bertz CT molecular complexity index is 526. The van der Waals surface area contributed by atoms with Crippen molar-refractivity contribution in [1.82, 2.24) is 13.9 Å². The average Bonchev–Trinajstić information content (AvgIpc) is 2.70. The van der Waals surface area contributed by atoms with E-state index in [1.165, 1.54) is 15.2 Å². The normalized spacial score (nSPS) is 22.3. The van der Waals surface area contributed by atoms with Crippen molar-refractivity contribution in [2.45, 2.75) is 31.2 Å². The maximum Gasteiger partial charge on any atom is 0.263 e. The lowest BCUT2D eigenvalue weighted by Crippen LogP contribution is -2.39. The molecule has 1 aromatic heterocycles. The standard InChI is InChI=1S/C11H18ClN3O2S/c1-3-9-5-4-6-15(7-9)18(16,17)11-10(12)14(2)8-13-11/h8-9H,3-7H2,1-2H3. The fourth-order valence-corrected chi connectivity index (χ4v) is 4.21. The van der Waals surface area contributed by atoms with Crippen LogP contribution in [-0.2, 0) is 17.1 Å². The van der Waals surface area contributed by atoms with E-state index in [0.717, 1.165) is 19.3 Å². The molecule has 1 aliphatic heterocycles. The summed E-state index contributed by atoms with van der Waals surface area (Å²) in [6.45, 7) is 3.23. The van der Waals surface area contributed by atoms with Gasteiger partial charge in [0.05, 0.1) is 6.33 Å². The van der Waals surface area contributed by atoms with Crippen LogP contribution in [0.2, 0.25) is 5.15 Å². The van der Waals surface area contributed by atoms with Gasteiger partial charge in [-0.05, 0) is 18.8 Å². The van der Waals surface area contributed by atoms with Crippen LogP contribution in [0.1, 0.15) is 26.2 Å². The summed E-state index contributed by atoms with van der Waals surface area (Å²) in [5, 5.41) is 0.150. The van der Waals surface area contributed by atoms with Crippen LogP contribution in [0.5, 0.6) is 0 Å². The molecule has 0 N–H and O–H groups in total. The minimum absolute atomic E-state index is 0.0246. The van der Waals surface area contributed by atoms with Gasteiger partial charge < -0.3 is 4.57 Å². The number of sulfonamides is 1. The molecule has 1 saturated heterocycles. The Morgan fingerprint density at radius 3 is 2.83 bits per heavy atom. The summed E-state index contributed by atoms with van der Waals surface area (Å²) in [7, 11) is -1.87. The molecular formula is C11H18ClN3O2S. The second-order valence-corrected chi connectivity index (χ2v) is 6.94. The van der Waals surface area contributed by atoms with Gasteiger partial charge in [-0.1, -0.05) is 24.9 Å². The molecule has 0 aliphatic carbocycles. The average molecular weight is 292 g/mol. The second-order valence-electron chi connectivity index (χ2n) is 4.73. The quantitative estimate of drug-likeness (QED) is 0.854. The van der Waals surface area contributed by atoms with Crippen molar-refractivity contribution in [2.24, 2.45) is 13.0 Å². The van der Waals surface area contributed by atoms with E-state index in [9.17, 15) is 8.42 Å². The Labute approximate surface area is 113 Å². The van der Waals surface area contributed by atoms with E-state index in [4.69, 9.17) is 11.6 Å². The van der Waals surface area contributed by atoms with Crippen LogP contribution in [0, 0.1) is 5.92 Å². The molecule has 0 amide bonds. The van der Waals surface area contributed by atoms with Crippen LogP contribution in [-0.4, -0.2) is 35.4 Å². The summed E-state index contributed by atoms with van der Waals surface area (Å²) in [6.07, 6.45) is 4.43. The van der Waals surface area contributed by atoms with Crippen LogP contribution in [0.15, 0.2) is 11.4 Å². The van der Waals surface area contributed by atoms with Crippen LogP contribution in [0.3, 0.4) is 0 Å². The zero-order valence-corrected chi connectivity index (χ0v) is 12.2. The van der Waals surface area contributed by atoms with Crippen LogP contribution < -0.4 is 0 Å². The highest BCUT2D eigenvalue weighted by molar-refractivity contribution is 7.89. The Morgan fingerprint density at radius 2 is 2.28 bits per heavy atom. The molecule has 18 heavy (non-hydrogen) atoms. The van der Waals surface area contributed by atoms with E-state index in [0.29, 0.717) is 19.0 Å². The summed E-state index contributed by atoms with van der Waals surface area (Å²) in [6, 6.07) is 0. The molecule has 5 nitrogen and oxygen atoms in total. The van der Waals surface area contributed by atoms with Gasteiger partial charge >= 0.3 is 0 Å². The smallest absolute Gasteiger partial charge is 0.263 e. The van der Waals surface area contributed by atoms with Crippen LogP contribution >= 0.6 is 11.6 Å². The predicted octanol–water partition coefficient (Wildman–Crippen LogP) is 1.88. The molecule has 1 fully saturated rings. The fraction of sp³-hybridized carbons (Fsp3) is 0.727. The first kappa shape index (κ1) is 13.8. The van der Waals surface area contributed by atoms with Gasteiger partial charge in [-0.15, -0.1) is 0 Å². The summed E-state index contributed by atoms with van der Waals surface area (Å²) in [4.78, 5) is 3.91. The molecule has 2 heterocycles. The van der Waals surface area contributed by atoms with Crippen LogP contribution in [0.4, 0.5) is 0 Å². The molecule has 1 aliphatic rings. The molecule has 1 unspecified atom stereocenters. The zero-order valence-electron chi connectivity index (χ0n) is 10.6. The summed E-state index contributed by atoms with van der Waals surface area (Å²) >= 11 is 5.98. The van der Waals surface area contributed by atoms with Crippen molar-refractivity contribution in [1.29, 1.82) is 0 Å². The maximum atomic E-state index is 12.4. The van der Waals surface area contributed by atoms with Gasteiger partial charge in [-0.2, -0.15) is 4.31 Å². The number of nitrogens with zero attached hydrogens (tertiary/aromatic N) is 3. The topological polar surface area (TPSA) is 55.2 Å². The molecule has 0 spiro atoms. The summed E-state index contributed by atoms with van der Waals surface area (Å²) in [5.74, 6) is 0.441. The van der Waals surface area contributed by atoms with Gasteiger partial charge in [0, 0.05) is 20.1 Å². The van der Waals surface area contributed by atoms with E-state index in [-0.39, 0.29) is 10.2 Å². The third-order valence-corrected chi connectivity index (χ3v) is 5.83. The highest BCUT2D eigenvalue weighted by atomic mass is 35.5. The minimum Gasteiger partial charge on any atom is -0.324 e. The molecule has 102 valence electrons. The molecular weight excluding hydrogens is 274 g/mol. The fourth-order valence-electron chi connectivity index (χ4n) is 2.27. The largest absolute Gasteiger partial charge is 0.324 e. The number of hydrogen-bond donors (Lipinski definition) is 0. The van der Waals surface area contributed by atoms with Gasteiger partial charge in [0.25, 0.3) is 10.0 Å². The number of rotatable bonds is 3. The van der Waals surface area contributed by atoms with Crippen molar-refractivity contribution >= 4 is 21.6 Å². The zero-order chi connectivity index (χ0) is 13.3. The lowest BCUT2D eigenvalue weighted by molar-refractivity contribution is 0.261. The number of aromatic nitrogens is 2. The Balaban J connectivity index is 2.28. The molecule has 0 aromatic carbocycles.